The molecule has 0 bridgehead atoms. The number of para-hydroxylation sites is 2. The minimum atomic E-state index is 0.0403. The second-order valence-corrected chi connectivity index (χ2v) is 5.10. The number of ketones is 1. The van der Waals surface area contributed by atoms with Gasteiger partial charge in [-0.3, -0.25) is 4.79 Å². The van der Waals surface area contributed by atoms with E-state index in [4.69, 9.17) is 9.47 Å². The predicted octanol–water partition coefficient (Wildman–Crippen LogP) is 3.24. The van der Waals surface area contributed by atoms with E-state index in [1.54, 1.807) is 14.0 Å². The lowest BCUT2D eigenvalue weighted by Gasteiger charge is -2.08. The summed E-state index contributed by atoms with van der Waals surface area (Å²) in [5.41, 5.74) is 0.760. The van der Waals surface area contributed by atoms with Gasteiger partial charge in [-0.05, 0) is 19.1 Å². The third-order valence-corrected chi connectivity index (χ3v) is 3.81. The first-order valence-electron chi connectivity index (χ1n) is 5.85. The first-order valence-corrected chi connectivity index (χ1v) is 6.66. The van der Waals surface area contributed by atoms with E-state index in [0.29, 0.717) is 23.0 Å². The number of thiazole rings is 1. The number of Topliss-reactive ketones (excluding diaryl/α,β-unsaturated/α-hetero) is 1. The molecular weight excluding hydrogens is 262 g/mol. The average molecular weight is 277 g/mol. The highest BCUT2D eigenvalue weighted by Crippen LogP contribution is 2.27. The van der Waals surface area contributed by atoms with Crippen LogP contribution in [0.1, 0.15) is 27.3 Å². The number of nitrogens with zero attached hydrogens (tertiary/aromatic N) is 1. The van der Waals surface area contributed by atoms with Crippen LogP contribution in [-0.4, -0.2) is 17.9 Å². The molecule has 0 atom stereocenters. The smallest absolute Gasteiger partial charge is 0.171 e. The SMILES string of the molecule is COc1ccccc1OCc1nc(C)c(C(C)=O)s1. The summed E-state index contributed by atoms with van der Waals surface area (Å²) < 4.78 is 10.9. The Kier molecular flexibility index (Phi) is 4.16. The molecule has 4 nitrogen and oxygen atoms in total. The molecule has 0 saturated carbocycles. The van der Waals surface area contributed by atoms with Crippen molar-refractivity contribution in [1.82, 2.24) is 4.98 Å². The number of ether oxygens (including phenoxy) is 2. The number of carbonyl (C=O) groups is 1. The standard InChI is InChI=1S/C14H15NO3S/c1-9-14(10(2)16)19-13(15-9)8-18-12-7-5-4-6-11(12)17-3/h4-7H,8H2,1-3H3. The van der Waals surface area contributed by atoms with E-state index in [-0.39, 0.29) is 5.78 Å². The molecule has 2 aromatic rings. The Morgan fingerprint density at radius 2 is 2.00 bits per heavy atom. The summed E-state index contributed by atoms with van der Waals surface area (Å²) in [7, 11) is 1.60. The monoisotopic (exact) mass is 277 g/mol. The molecule has 0 aliphatic heterocycles. The van der Waals surface area contributed by atoms with Crippen molar-refractivity contribution in [3.05, 3.63) is 39.8 Å². The van der Waals surface area contributed by atoms with Gasteiger partial charge in [-0.25, -0.2) is 4.98 Å². The number of hydrogen-bond acceptors (Lipinski definition) is 5. The molecule has 0 aliphatic carbocycles. The van der Waals surface area contributed by atoms with Gasteiger partial charge in [-0.1, -0.05) is 12.1 Å². The molecule has 0 spiro atoms. The summed E-state index contributed by atoms with van der Waals surface area (Å²) in [6, 6.07) is 7.44. The zero-order chi connectivity index (χ0) is 13.8. The van der Waals surface area contributed by atoms with E-state index in [1.165, 1.54) is 11.3 Å². The van der Waals surface area contributed by atoms with Crippen molar-refractivity contribution in [1.29, 1.82) is 0 Å². The van der Waals surface area contributed by atoms with Crippen molar-refractivity contribution >= 4 is 17.1 Å². The van der Waals surface area contributed by atoms with Crippen molar-refractivity contribution in [3.8, 4) is 11.5 Å². The van der Waals surface area contributed by atoms with Crippen molar-refractivity contribution < 1.29 is 14.3 Å². The normalized spacial score (nSPS) is 10.3. The van der Waals surface area contributed by atoms with Crippen LogP contribution in [0.2, 0.25) is 0 Å². The lowest BCUT2D eigenvalue weighted by Crippen LogP contribution is -1.97. The van der Waals surface area contributed by atoms with Crippen LogP contribution in [0.3, 0.4) is 0 Å². The largest absolute Gasteiger partial charge is 0.493 e. The highest BCUT2D eigenvalue weighted by molar-refractivity contribution is 7.13. The van der Waals surface area contributed by atoms with Crippen LogP contribution < -0.4 is 9.47 Å². The van der Waals surface area contributed by atoms with Gasteiger partial charge in [-0.2, -0.15) is 0 Å². The zero-order valence-corrected chi connectivity index (χ0v) is 11.9. The fraction of sp³-hybridized carbons (Fsp3) is 0.286. The molecule has 0 saturated heterocycles. The molecule has 1 aromatic carbocycles. The Balaban J connectivity index is 2.10. The predicted molar refractivity (Wildman–Crippen MR) is 74.2 cm³/mol. The third kappa shape index (κ3) is 3.12. The summed E-state index contributed by atoms with van der Waals surface area (Å²) in [5, 5.41) is 0.786. The summed E-state index contributed by atoms with van der Waals surface area (Å²) in [5.74, 6) is 1.39. The van der Waals surface area contributed by atoms with Gasteiger partial charge in [0.2, 0.25) is 0 Å². The molecule has 0 amide bonds. The van der Waals surface area contributed by atoms with E-state index >= 15 is 0 Å². The van der Waals surface area contributed by atoms with E-state index in [9.17, 15) is 4.79 Å². The minimum absolute atomic E-state index is 0.0403. The quantitative estimate of drug-likeness (QED) is 0.787. The van der Waals surface area contributed by atoms with Crippen molar-refractivity contribution in [2.24, 2.45) is 0 Å². The fourth-order valence-electron chi connectivity index (χ4n) is 1.72. The molecule has 5 heteroatoms. The van der Waals surface area contributed by atoms with Gasteiger partial charge >= 0.3 is 0 Å². The molecular formula is C14H15NO3S. The summed E-state index contributed by atoms with van der Waals surface area (Å²) in [6.07, 6.45) is 0. The van der Waals surface area contributed by atoms with Crippen LogP contribution in [0.25, 0.3) is 0 Å². The van der Waals surface area contributed by atoms with E-state index in [0.717, 1.165) is 10.7 Å². The molecule has 2 rings (SSSR count). The Morgan fingerprint density at radius 3 is 2.58 bits per heavy atom. The number of rotatable bonds is 5. The maximum atomic E-state index is 11.4. The fourth-order valence-corrected chi connectivity index (χ4v) is 2.59. The van der Waals surface area contributed by atoms with Crippen molar-refractivity contribution in [3.63, 3.8) is 0 Å². The maximum Gasteiger partial charge on any atom is 0.171 e. The zero-order valence-electron chi connectivity index (χ0n) is 11.1. The van der Waals surface area contributed by atoms with Gasteiger partial charge in [0.1, 0.15) is 11.6 Å². The van der Waals surface area contributed by atoms with Crippen LogP contribution in [0, 0.1) is 6.92 Å². The number of carbonyl (C=O) groups excluding carboxylic acids is 1. The molecule has 1 aromatic heterocycles. The van der Waals surface area contributed by atoms with E-state index in [1.807, 2.05) is 31.2 Å². The van der Waals surface area contributed by atoms with Gasteiger partial charge in [-0.15, -0.1) is 11.3 Å². The third-order valence-electron chi connectivity index (χ3n) is 2.58. The van der Waals surface area contributed by atoms with Crippen LogP contribution in [0.4, 0.5) is 0 Å². The van der Waals surface area contributed by atoms with Crippen LogP contribution in [0.5, 0.6) is 11.5 Å². The van der Waals surface area contributed by atoms with Crippen molar-refractivity contribution in [2.75, 3.05) is 7.11 Å². The van der Waals surface area contributed by atoms with Crippen molar-refractivity contribution in [2.45, 2.75) is 20.5 Å². The van der Waals surface area contributed by atoms with Crippen LogP contribution >= 0.6 is 11.3 Å². The highest BCUT2D eigenvalue weighted by Gasteiger charge is 2.12. The molecule has 0 unspecified atom stereocenters. The van der Waals surface area contributed by atoms with E-state index in [2.05, 4.69) is 4.98 Å². The van der Waals surface area contributed by atoms with Gasteiger partial charge in [0.05, 0.1) is 17.7 Å². The van der Waals surface area contributed by atoms with Gasteiger partial charge < -0.3 is 9.47 Å². The van der Waals surface area contributed by atoms with Gasteiger partial charge in [0, 0.05) is 6.92 Å². The molecule has 100 valence electrons. The second-order valence-electron chi connectivity index (χ2n) is 4.02. The first kappa shape index (κ1) is 13.5. The number of methoxy groups -OCH3 is 1. The number of benzene rings is 1. The molecule has 0 N–H and O–H groups in total. The second kappa shape index (κ2) is 5.84. The summed E-state index contributed by atoms with van der Waals surface area (Å²) >= 11 is 1.37. The highest BCUT2D eigenvalue weighted by atomic mass is 32.1. The lowest BCUT2D eigenvalue weighted by molar-refractivity contribution is 0.102. The topological polar surface area (TPSA) is 48.4 Å². The van der Waals surface area contributed by atoms with Gasteiger partial charge in [0.25, 0.3) is 0 Å². The maximum absolute atomic E-state index is 11.4. The summed E-state index contributed by atoms with van der Waals surface area (Å²) in [6.45, 7) is 3.71. The van der Waals surface area contributed by atoms with Crippen LogP contribution in [0.15, 0.2) is 24.3 Å². The van der Waals surface area contributed by atoms with Gasteiger partial charge in [0.15, 0.2) is 17.3 Å². The number of aromatic nitrogens is 1. The first-order chi connectivity index (χ1) is 9.11. The molecule has 19 heavy (non-hydrogen) atoms. The Morgan fingerprint density at radius 1 is 1.32 bits per heavy atom. The Hall–Kier alpha value is -1.88. The molecule has 1 heterocycles. The Labute approximate surface area is 116 Å². The molecule has 0 aliphatic rings. The average Bonchev–Trinajstić information content (AvgIpc) is 2.78. The number of aryl methyl sites for hydroxylation is 1. The number of hydrogen-bond donors (Lipinski definition) is 0. The lowest BCUT2D eigenvalue weighted by atomic mass is 10.3. The van der Waals surface area contributed by atoms with Crippen LogP contribution in [-0.2, 0) is 6.61 Å². The van der Waals surface area contributed by atoms with E-state index < -0.39 is 0 Å². The Bertz CT molecular complexity index is 592. The molecule has 0 fully saturated rings. The molecule has 0 radical (unpaired) electrons. The summed E-state index contributed by atoms with van der Waals surface area (Å²) in [4.78, 5) is 16.4. The minimum Gasteiger partial charge on any atom is -0.493 e.